The third kappa shape index (κ3) is 4.86. The molecule has 0 aliphatic carbocycles. The second-order valence-corrected chi connectivity index (χ2v) is 19.4. The van der Waals surface area contributed by atoms with Crippen LogP contribution in [0.3, 0.4) is 0 Å². The standard InChI is InChI=1S/C22H40N2O7Si2/c1-13(2)32(14(3)4)28-12-18-21(30-33(31-32,15(5)6)16(7)8)20(26)17(29-18)11-24-10-9-19(25)23-22(24)27/h9-10,13-18,20-21,26H,11-12H2,1-8H3,(H,23,25,27)/t17-,18+,20+,21?/m0/s1. The molecule has 0 saturated carbocycles. The number of nitrogens with one attached hydrogen (secondary N) is 1. The Balaban J connectivity index is 1.99. The van der Waals surface area contributed by atoms with E-state index in [0.29, 0.717) is 0 Å². The number of hydrogen-bond acceptors (Lipinski definition) is 7. The lowest BCUT2D eigenvalue weighted by Crippen LogP contribution is -2.65. The van der Waals surface area contributed by atoms with E-state index in [1.807, 2.05) is 0 Å². The second-order valence-electron chi connectivity index (χ2n) is 10.5. The van der Waals surface area contributed by atoms with E-state index in [9.17, 15) is 14.7 Å². The topological polar surface area (TPSA) is 112 Å². The third-order valence-corrected chi connectivity index (χ3v) is 17.3. The van der Waals surface area contributed by atoms with E-state index in [1.165, 1.54) is 16.8 Å². The van der Waals surface area contributed by atoms with Crippen LogP contribution in [0.5, 0.6) is 0 Å². The van der Waals surface area contributed by atoms with Gasteiger partial charge in [0.25, 0.3) is 5.56 Å². The summed E-state index contributed by atoms with van der Waals surface area (Å²) < 4.78 is 28.2. The summed E-state index contributed by atoms with van der Waals surface area (Å²) in [6.45, 7) is 17.5. The number of aromatic amines is 1. The van der Waals surface area contributed by atoms with E-state index >= 15 is 0 Å². The van der Waals surface area contributed by atoms with Crippen molar-refractivity contribution in [2.24, 2.45) is 0 Å². The van der Waals surface area contributed by atoms with E-state index in [0.717, 1.165) is 0 Å². The zero-order valence-corrected chi connectivity index (χ0v) is 23.0. The summed E-state index contributed by atoms with van der Waals surface area (Å²) in [6.07, 6.45) is -1.31. The number of aliphatic hydroxyl groups excluding tert-OH is 1. The van der Waals surface area contributed by atoms with Crippen LogP contribution in [0, 0.1) is 0 Å². The highest BCUT2D eigenvalue weighted by molar-refractivity contribution is 6.83. The maximum absolute atomic E-state index is 12.2. The molecule has 2 fully saturated rings. The minimum atomic E-state index is -2.87. The molecule has 2 N–H and O–H groups in total. The van der Waals surface area contributed by atoms with Crippen LogP contribution in [0.4, 0.5) is 0 Å². The summed E-state index contributed by atoms with van der Waals surface area (Å²) in [5, 5.41) is 11.2. The van der Waals surface area contributed by atoms with Crippen LogP contribution in [0.25, 0.3) is 0 Å². The number of nitrogens with zero attached hydrogens (tertiary/aromatic N) is 1. The molecule has 188 valence electrons. The normalized spacial score (nSPS) is 29.5. The Morgan fingerprint density at radius 3 is 2.12 bits per heavy atom. The summed E-state index contributed by atoms with van der Waals surface area (Å²) in [5.41, 5.74) is -0.308. The fourth-order valence-electron chi connectivity index (χ4n) is 5.16. The van der Waals surface area contributed by atoms with Gasteiger partial charge in [-0.15, -0.1) is 0 Å². The maximum atomic E-state index is 12.2. The SMILES string of the molecule is CC(C)[Si]1(C(C)C)OC[C@H]2O[C@@H](Cn3ccc(=O)[nH]c3=O)[C@@H](O)C2O[Si](C(C)C)(C(C)C)O1. The van der Waals surface area contributed by atoms with Gasteiger partial charge in [-0.1, -0.05) is 55.4 Å². The molecule has 0 aromatic carbocycles. The first-order chi connectivity index (χ1) is 15.3. The van der Waals surface area contributed by atoms with Gasteiger partial charge in [0.15, 0.2) is 0 Å². The average molecular weight is 501 g/mol. The minimum Gasteiger partial charge on any atom is -0.414 e. The van der Waals surface area contributed by atoms with Crippen molar-refractivity contribution in [3.63, 3.8) is 0 Å². The molecule has 2 aliphatic rings. The first kappa shape index (κ1) is 26.5. The van der Waals surface area contributed by atoms with Crippen LogP contribution in [0.1, 0.15) is 55.4 Å². The number of hydrogen-bond donors (Lipinski definition) is 2. The minimum absolute atomic E-state index is 0.100. The molecule has 1 aromatic heterocycles. The summed E-state index contributed by atoms with van der Waals surface area (Å²) in [6, 6.07) is 1.28. The third-order valence-electron chi connectivity index (χ3n) is 7.04. The van der Waals surface area contributed by atoms with Gasteiger partial charge in [-0.25, -0.2) is 4.79 Å². The molecule has 3 rings (SSSR count). The Hall–Kier alpha value is -1.09. The molecule has 33 heavy (non-hydrogen) atoms. The van der Waals surface area contributed by atoms with E-state index in [-0.39, 0.29) is 35.3 Å². The Kier molecular flexibility index (Phi) is 7.94. The van der Waals surface area contributed by atoms with Gasteiger partial charge in [0, 0.05) is 12.3 Å². The monoisotopic (exact) mass is 500 g/mol. The highest BCUT2D eigenvalue weighted by atomic mass is 28.5. The van der Waals surface area contributed by atoms with Crippen molar-refractivity contribution >= 4 is 17.1 Å². The van der Waals surface area contributed by atoms with Gasteiger partial charge in [-0.2, -0.15) is 0 Å². The van der Waals surface area contributed by atoms with Gasteiger partial charge in [0.2, 0.25) is 0 Å². The van der Waals surface area contributed by atoms with Crippen LogP contribution in [0.2, 0.25) is 22.2 Å². The van der Waals surface area contributed by atoms with Gasteiger partial charge >= 0.3 is 22.8 Å². The number of rotatable bonds is 6. The molecule has 0 spiro atoms. The number of aliphatic hydroxyl groups is 1. The lowest BCUT2D eigenvalue weighted by atomic mass is 10.1. The molecule has 2 saturated heterocycles. The molecule has 1 unspecified atom stereocenters. The van der Waals surface area contributed by atoms with Gasteiger partial charge < -0.3 is 22.8 Å². The lowest BCUT2D eigenvalue weighted by Gasteiger charge is -2.51. The van der Waals surface area contributed by atoms with Gasteiger partial charge in [0.1, 0.15) is 24.4 Å². The molecule has 1 aromatic rings. The lowest BCUT2D eigenvalue weighted by molar-refractivity contribution is -0.0411. The summed E-state index contributed by atoms with van der Waals surface area (Å²) in [5.74, 6) is 0. The first-order valence-electron chi connectivity index (χ1n) is 12.0. The average Bonchev–Trinajstić information content (AvgIpc) is 2.97. The number of aromatic nitrogens is 2. The number of fused-ring (bicyclic) bond motifs is 1. The molecular formula is C22H40N2O7Si2. The quantitative estimate of drug-likeness (QED) is 0.578. The van der Waals surface area contributed by atoms with Crippen molar-refractivity contribution in [1.82, 2.24) is 9.55 Å². The number of ether oxygens (including phenoxy) is 1. The number of H-pyrrole nitrogens is 1. The van der Waals surface area contributed by atoms with E-state index in [2.05, 4.69) is 60.4 Å². The fraction of sp³-hybridized carbons (Fsp3) is 0.818. The molecule has 0 radical (unpaired) electrons. The van der Waals surface area contributed by atoms with Crippen molar-refractivity contribution in [1.29, 1.82) is 0 Å². The molecule has 9 nitrogen and oxygen atoms in total. The molecule has 11 heteroatoms. The fourth-order valence-corrected chi connectivity index (χ4v) is 16.4. The Labute approximate surface area is 197 Å². The Morgan fingerprint density at radius 2 is 1.61 bits per heavy atom. The summed E-state index contributed by atoms with van der Waals surface area (Å²) in [7, 11) is -5.56. The Morgan fingerprint density at radius 1 is 1.03 bits per heavy atom. The van der Waals surface area contributed by atoms with Crippen molar-refractivity contribution in [3.8, 4) is 0 Å². The van der Waals surface area contributed by atoms with E-state index in [4.69, 9.17) is 17.7 Å². The van der Waals surface area contributed by atoms with Gasteiger partial charge in [-0.05, 0) is 22.2 Å². The predicted octanol–water partition coefficient (Wildman–Crippen LogP) is 2.62. The molecule has 0 bridgehead atoms. The van der Waals surface area contributed by atoms with Crippen LogP contribution in [0.15, 0.2) is 21.9 Å². The van der Waals surface area contributed by atoms with Crippen molar-refractivity contribution in [2.75, 3.05) is 6.61 Å². The first-order valence-corrected chi connectivity index (χ1v) is 15.9. The zero-order valence-electron chi connectivity index (χ0n) is 21.0. The summed E-state index contributed by atoms with van der Waals surface area (Å²) in [4.78, 5) is 25.8. The maximum Gasteiger partial charge on any atom is 0.335 e. The molecular weight excluding hydrogens is 460 g/mol. The van der Waals surface area contributed by atoms with E-state index in [1.54, 1.807) is 0 Å². The highest BCUT2D eigenvalue weighted by Crippen LogP contribution is 2.47. The molecule has 0 amide bonds. The molecule has 3 heterocycles. The highest BCUT2D eigenvalue weighted by Gasteiger charge is 2.61. The summed E-state index contributed by atoms with van der Waals surface area (Å²) >= 11 is 0. The predicted molar refractivity (Wildman–Crippen MR) is 130 cm³/mol. The van der Waals surface area contributed by atoms with Crippen LogP contribution in [-0.2, 0) is 24.2 Å². The van der Waals surface area contributed by atoms with Crippen molar-refractivity contribution in [3.05, 3.63) is 33.1 Å². The van der Waals surface area contributed by atoms with Gasteiger partial charge in [-0.3, -0.25) is 14.3 Å². The molecule has 4 atom stereocenters. The van der Waals surface area contributed by atoms with Crippen LogP contribution in [-0.4, -0.2) is 62.8 Å². The van der Waals surface area contributed by atoms with Crippen molar-refractivity contribution < 1.29 is 22.8 Å². The zero-order chi connectivity index (χ0) is 24.7. The van der Waals surface area contributed by atoms with Crippen LogP contribution < -0.4 is 11.2 Å². The molecule has 2 aliphatic heterocycles. The largest absolute Gasteiger partial charge is 0.414 e. The van der Waals surface area contributed by atoms with Gasteiger partial charge in [0.05, 0.1) is 13.2 Å². The smallest absolute Gasteiger partial charge is 0.335 e. The second kappa shape index (κ2) is 9.88. The van der Waals surface area contributed by atoms with Crippen LogP contribution >= 0.6 is 0 Å². The van der Waals surface area contributed by atoms with Crippen molar-refractivity contribution in [2.45, 2.75) is 109 Å². The van der Waals surface area contributed by atoms with E-state index < -0.39 is 52.8 Å². The Bertz CT molecular complexity index is 914.